The van der Waals surface area contributed by atoms with Gasteiger partial charge in [-0.2, -0.15) is 4.31 Å². The van der Waals surface area contributed by atoms with Gasteiger partial charge in [0.1, 0.15) is 5.69 Å². The number of nitrogens with zero attached hydrogens (tertiary/aromatic N) is 5. The summed E-state index contributed by atoms with van der Waals surface area (Å²) >= 11 is 0. The van der Waals surface area contributed by atoms with Gasteiger partial charge in [-0.15, -0.1) is 0 Å². The first kappa shape index (κ1) is 24.5. The van der Waals surface area contributed by atoms with Crippen molar-refractivity contribution in [3.8, 4) is 5.69 Å². The Morgan fingerprint density at radius 1 is 1.06 bits per heavy atom. The van der Waals surface area contributed by atoms with Gasteiger partial charge in [0.25, 0.3) is 27.2 Å². The van der Waals surface area contributed by atoms with Crippen molar-refractivity contribution in [2.45, 2.75) is 18.7 Å². The summed E-state index contributed by atoms with van der Waals surface area (Å²) in [5.74, 6) is -1.03. The lowest BCUT2D eigenvalue weighted by Gasteiger charge is -2.22. The van der Waals surface area contributed by atoms with Gasteiger partial charge in [0.05, 0.1) is 26.8 Å². The van der Waals surface area contributed by atoms with Crippen molar-refractivity contribution in [1.29, 1.82) is 0 Å². The SMILES string of the molecule is Cc1ccc([N+](=O)[O-])cc1S(=O)(=O)N(C(=O)c1cccnc1)c1c(C)n(C)n(-c2ccccc2)c1=O. The van der Waals surface area contributed by atoms with Crippen LogP contribution in [0.1, 0.15) is 21.6 Å². The van der Waals surface area contributed by atoms with Gasteiger partial charge in [-0.25, -0.2) is 13.1 Å². The molecule has 0 unspecified atom stereocenters. The number of pyridine rings is 1. The third kappa shape index (κ3) is 4.07. The molecule has 2 heterocycles. The van der Waals surface area contributed by atoms with E-state index in [2.05, 4.69) is 4.98 Å². The second kappa shape index (κ2) is 9.23. The summed E-state index contributed by atoms with van der Waals surface area (Å²) in [6.45, 7) is 2.96. The third-order valence-corrected chi connectivity index (χ3v) is 7.55. The number of carbonyl (C=O) groups excluding carboxylic acids is 1. The zero-order chi connectivity index (χ0) is 26.2. The van der Waals surface area contributed by atoms with Crippen LogP contribution in [-0.2, 0) is 17.1 Å². The Morgan fingerprint density at radius 2 is 1.75 bits per heavy atom. The van der Waals surface area contributed by atoms with Crippen molar-refractivity contribution in [3.05, 3.63) is 110 Å². The molecule has 11 nitrogen and oxygen atoms in total. The summed E-state index contributed by atoms with van der Waals surface area (Å²) in [4.78, 5) is 41.4. The molecule has 36 heavy (non-hydrogen) atoms. The van der Waals surface area contributed by atoms with Crippen LogP contribution in [0, 0.1) is 24.0 Å². The highest BCUT2D eigenvalue weighted by molar-refractivity contribution is 7.93. The first-order valence-electron chi connectivity index (χ1n) is 10.6. The number of rotatable bonds is 6. The summed E-state index contributed by atoms with van der Waals surface area (Å²) in [5, 5.41) is 11.4. The Labute approximate surface area is 206 Å². The first-order chi connectivity index (χ1) is 17.1. The molecule has 0 bridgehead atoms. The molecule has 0 N–H and O–H groups in total. The monoisotopic (exact) mass is 507 g/mol. The van der Waals surface area contributed by atoms with Gasteiger partial charge >= 0.3 is 0 Å². The maximum atomic E-state index is 14.0. The third-order valence-electron chi connectivity index (χ3n) is 5.72. The minimum absolute atomic E-state index is 0.0851. The average molecular weight is 508 g/mol. The molecule has 184 valence electrons. The van der Waals surface area contributed by atoms with E-state index in [0.717, 1.165) is 12.1 Å². The molecule has 0 saturated carbocycles. The minimum Gasteiger partial charge on any atom is -0.283 e. The molecule has 0 radical (unpaired) electrons. The van der Waals surface area contributed by atoms with Crippen LogP contribution in [0.25, 0.3) is 5.69 Å². The molecule has 4 aromatic rings. The molecule has 1 amide bonds. The molecule has 12 heteroatoms. The normalized spacial score (nSPS) is 11.3. The Balaban J connectivity index is 2.04. The molecule has 0 spiro atoms. The van der Waals surface area contributed by atoms with E-state index in [0.29, 0.717) is 9.99 Å². The predicted octanol–water partition coefficient (Wildman–Crippen LogP) is 3.13. The molecule has 0 atom stereocenters. The lowest BCUT2D eigenvalue weighted by Crippen LogP contribution is -2.40. The quantitative estimate of drug-likeness (QED) is 0.289. The summed E-state index contributed by atoms with van der Waals surface area (Å²) in [6.07, 6.45) is 2.59. The predicted molar refractivity (Wildman–Crippen MR) is 132 cm³/mol. The molecule has 4 rings (SSSR count). The van der Waals surface area contributed by atoms with Gasteiger partial charge in [-0.1, -0.05) is 24.3 Å². The highest BCUT2D eigenvalue weighted by Gasteiger charge is 2.38. The highest BCUT2D eigenvalue weighted by Crippen LogP contribution is 2.30. The van der Waals surface area contributed by atoms with Crippen molar-refractivity contribution in [2.24, 2.45) is 7.05 Å². The number of para-hydroxylation sites is 1. The number of aromatic nitrogens is 3. The standard InChI is InChI=1S/C24H21N5O6S/c1-16-11-12-20(29(32)33)14-21(16)36(34,35)28(23(30)18-8-7-13-25-15-18)22-17(2)26(3)27(24(22)31)19-9-5-4-6-10-19/h4-15H,1-3H3. The van der Waals surface area contributed by atoms with Crippen LogP contribution in [0.15, 0.2) is 82.7 Å². The largest absolute Gasteiger partial charge is 0.296 e. The number of hydrogen-bond acceptors (Lipinski definition) is 7. The van der Waals surface area contributed by atoms with Crippen molar-refractivity contribution in [1.82, 2.24) is 14.3 Å². The second-order valence-electron chi connectivity index (χ2n) is 7.93. The number of amides is 1. The van der Waals surface area contributed by atoms with E-state index in [9.17, 15) is 28.1 Å². The zero-order valence-corrected chi connectivity index (χ0v) is 20.3. The van der Waals surface area contributed by atoms with E-state index < -0.39 is 42.7 Å². The maximum Gasteiger partial charge on any atom is 0.296 e. The van der Waals surface area contributed by atoms with E-state index >= 15 is 0 Å². The van der Waals surface area contributed by atoms with E-state index in [1.165, 1.54) is 53.8 Å². The molecule has 0 fully saturated rings. The topological polar surface area (TPSA) is 137 Å². The number of anilines is 1. The van der Waals surface area contributed by atoms with Crippen molar-refractivity contribution >= 4 is 27.3 Å². The fraction of sp³-hybridized carbons (Fsp3) is 0.125. The molecule has 2 aromatic carbocycles. The van der Waals surface area contributed by atoms with Crippen LogP contribution in [0.4, 0.5) is 11.4 Å². The molecule has 2 aromatic heterocycles. The molecule has 0 aliphatic carbocycles. The number of carbonyl (C=O) groups is 1. The Hall–Kier alpha value is -4.58. The van der Waals surface area contributed by atoms with Crippen LogP contribution >= 0.6 is 0 Å². The minimum atomic E-state index is -4.79. The zero-order valence-electron chi connectivity index (χ0n) is 19.5. The summed E-state index contributed by atoms with van der Waals surface area (Å²) in [5.41, 5.74) is -0.907. The number of hydrogen-bond donors (Lipinski definition) is 0. The van der Waals surface area contributed by atoms with Gasteiger partial charge in [0.15, 0.2) is 0 Å². The molecule has 0 aliphatic heterocycles. The van der Waals surface area contributed by atoms with Crippen molar-refractivity contribution in [2.75, 3.05) is 4.31 Å². The number of sulfonamides is 1. The fourth-order valence-corrected chi connectivity index (χ4v) is 5.52. The smallest absolute Gasteiger partial charge is 0.283 e. The van der Waals surface area contributed by atoms with Crippen LogP contribution in [0.2, 0.25) is 0 Å². The van der Waals surface area contributed by atoms with Gasteiger partial charge in [-0.3, -0.25) is 29.4 Å². The Kier molecular flexibility index (Phi) is 6.29. The van der Waals surface area contributed by atoms with Crippen LogP contribution < -0.4 is 9.86 Å². The summed E-state index contributed by atoms with van der Waals surface area (Å²) < 4.78 is 31.1. The number of non-ortho nitro benzene ring substituents is 1. The van der Waals surface area contributed by atoms with E-state index in [1.54, 1.807) is 37.4 Å². The number of nitro groups is 1. The lowest BCUT2D eigenvalue weighted by atomic mass is 10.2. The average Bonchev–Trinajstić information content (AvgIpc) is 3.08. The second-order valence-corrected chi connectivity index (χ2v) is 9.69. The highest BCUT2D eigenvalue weighted by atomic mass is 32.2. The van der Waals surface area contributed by atoms with Crippen molar-refractivity contribution in [3.63, 3.8) is 0 Å². The number of nitro benzene ring substituents is 1. The van der Waals surface area contributed by atoms with Crippen LogP contribution in [0.5, 0.6) is 0 Å². The van der Waals surface area contributed by atoms with E-state index in [4.69, 9.17) is 0 Å². The first-order valence-corrected chi connectivity index (χ1v) is 12.1. The fourth-order valence-electron chi connectivity index (χ4n) is 3.80. The van der Waals surface area contributed by atoms with Crippen LogP contribution in [0.3, 0.4) is 0 Å². The number of aryl methyl sites for hydroxylation is 1. The molecule has 0 aliphatic rings. The van der Waals surface area contributed by atoms with Gasteiger partial charge in [0, 0.05) is 31.6 Å². The summed E-state index contributed by atoms with van der Waals surface area (Å²) in [6, 6.07) is 14.7. The summed E-state index contributed by atoms with van der Waals surface area (Å²) in [7, 11) is -3.23. The van der Waals surface area contributed by atoms with Gasteiger partial charge in [-0.05, 0) is 43.7 Å². The lowest BCUT2D eigenvalue weighted by molar-refractivity contribution is -0.385. The molecular weight excluding hydrogens is 486 g/mol. The molecular formula is C24H21N5O6S. The van der Waals surface area contributed by atoms with E-state index in [-0.39, 0.29) is 16.8 Å². The van der Waals surface area contributed by atoms with E-state index in [1.807, 2.05) is 0 Å². The van der Waals surface area contributed by atoms with Gasteiger partial charge in [0.2, 0.25) is 0 Å². The number of benzene rings is 2. The molecule has 0 saturated heterocycles. The van der Waals surface area contributed by atoms with Crippen LogP contribution in [-0.4, -0.2) is 33.6 Å². The van der Waals surface area contributed by atoms with Crippen molar-refractivity contribution < 1.29 is 18.1 Å². The Morgan fingerprint density at radius 3 is 2.36 bits per heavy atom. The Bertz CT molecular complexity index is 1640. The van der Waals surface area contributed by atoms with Gasteiger partial charge < -0.3 is 0 Å². The maximum absolute atomic E-state index is 14.0.